The summed E-state index contributed by atoms with van der Waals surface area (Å²) in [5, 5.41) is 12.2. The van der Waals surface area contributed by atoms with Crippen LogP contribution in [0.1, 0.15) is 88.8 Å². The summed E-state index contributed by atoms with van der Waals surface area (Å²) >= 11 is 6.03. The largest absolute Gasteiger partial charge is 0.462 e. The summed E-state index contributed by atoms with van der Waals surface area (Å²) in [7, 11) is 0. The number of hydrogen-bond acceptors (Lipinski definition) is 7. The highest BCUT2D eigenvalue weighted by molar-refractivity contribution is 9.10. The number of alkyl halides is 3. The molecule has 0 spiro atoms. The Bertz CT molecular complexity index is 1430. The van der Waals surface area contributed by atoms with Gasteiger partial charge in [0.05, 0.1) is 22.7 Å². The fraction of sp³-hybridized carbons (Fsp3) is 0.519. The number of aromatic nitrogens is 2. The summed E-state index contributed by atoms with van der Waals surface area (Å²) in [4.78, 5) is 28.3. The molecule has 1 aliphatic heterocycles. The van der Waals surface area contributed by atoms with E-state index in [2.05, 4.69) is 52.4 Å². The number of nitrogens with one attached hydrogen (secondary N) is 2. The van der Waals surface area contributed by atoms with E-state index in [1.807, 2.05) is 5.38 Å². The van der Waals surface area contributed by atoms with Crippen molar-refractivity contribution in [1.82, 2.24) is 9.78 Å². The van der Waals surface area contributed by atoms with E-state index < -0.39 is 30.1 Å². The first-order valence-corrected chi connectivity index (χ1v) is 15.6. The molecule has 3 aromatic heterocycles. The number of amides is 1. The van der Waals surface area contributed by atoms with E-state index in [0.717, 1.165) is 32.8 Å². The lowest BCUT2D eigenvalue weighted by atomic mass is 9.72. The molecule has 0 radical (unpaired) electrons. The van der Waals surface area contributed by atoms with Crippen LogP contribution in [0.3, 0.4) is 0 Å². The topological polar surface area (TPSA) is 85.2 Å². The molecule has 2 aliphatic rings. The van der Waals surface area contributed by atoms with Gasteiger partial charge in [-0.05, 0) is 70.5 Å². The van der Waals surface area contributed by atoms with Gasteiger partial charge >= 0.3 is 12.1 Å². The maximum atomic E-state index is 14.1. The highest BCUT2D eigenvalue weighted by atomic mass is 79.9. The molecule has 0 saturated heterocycles. The van der Waals surface area contributed by atoms with Crippen LogP contribution in [-0.4, -0.2) is 34.4 Å². The first kappa shape index (κ1) is 29.1. The number of thiophene rings is 2. The molecule has 2 N–H and O–H groups in total. The first-order valence-electron chi connectivity index (χ1n) is 13.1. The Hall–Kier alpha value is -2.38. The fourth-order valence-electron chi connectivity index (χ4n) is 5.41. The molecule has 3 aromatic rings. The number of esters is 1. The smallest absolute Gasteiger partial charge is 0.410 e. The van der Waals surface area contributed by atoms with Gasteiger partial charge in [-0.15, -0.1) is 22.7 Å². The number of carbonyl (C=O) groups excluding carboxylic acids is 2. The molecule has 13 heteroatoms. The molecule has 7 nitrogen and oxygen atoms in total. The second-order valence-corrected chi connectivity index (χ2v) is 14.0. The molecule has 5 rings (SSSR count). The lowest BCUT2D eigenvalue weighted by Crippen LogP contribution is -2.35. The zero-order chi connectivity index (χ0) is 29.0. The molecule has 4 heterocycles. The minimum atomic E-state index is -4.57. The Morgan fingerprint density at radius 1 is 1.30 bits per heavy atom. The van der Waals surface area contributed by atoms with Crippen LogP contribution in [0.15, 0.2) is 22.0 Å². The van der Waals surface area contributed by atoms with Crippen molar-refractivity contribution in [3.05, 3.63) is 48.6 Å². The molecular formula is C27H30BrF3N4O3S2. The Morgan fingerprint density at radius 2 is 2.05 bits per heavy atom. The summed E-state index contributed by atoms with van der Waals surface area (Å²) in [5.74, 6) is -0.736. The van der Waals surface area contributed by atoms with Crippen LogP contribution in [0.5, 0.6) is 0 Å². The van der Waals surface area contributed by atoms with Crippen LogP contribution in [0, 0.1) is 11.3 Å². The van der Waals surface area contributed by atoms with Crippen molar-refractivity contribution in [3.8, 4) is 0 Å². The summed E-state index contributed by atoms with van der Waals surface area (Å²) in [6.07, 6.45) is -2.47. The van der Waals surface area contributed by atoms with Crippen molar-refractivity contribution in [2.45, 2.75) is 71.6 Å². The van der Waals surface area contributed by atoms with Gasteiger partial charge in [0, 0.05) is 16.2 Å². The second kappa shape index (κ2) is 10.8. The van der Waals surface area contributed by atoms with E-state index in [1.54, 1.807) is 19.1 Å². The van der Waals surface area contributed by atoms with Crippen LogP contribution in [0.25, 0.3) is 0 Å². The lowest BCUT2D eigenvalue weighted by Gasteiger charge is -2.33. The molecule has 3 atom stereocenters. The monoisotopic (exact) mass is 658 g/mol. The number of fused-ring (bicyclic) bond motifs is 2. The molecule has 0 unspecified atom stereocenters. The predicted octanol–water partition coefficient (Wildman–Crippen LogP) is 8.01. The van der Waals surface area contributed by atoms with Crippen LogP contribution in [0.2, 0.25) is 0 Å². The highest BCUT2D eigenvalue weighted by Gasteiger charge is 2.48. The van der Waals surface area contributed by atoms with Crippen LogP contribution >= 0.6 is 38.6 Å². The number of anilines is 2. The molecule has 0 bridgehead atoms. The zero-order valence-electron chi connectivity index (χ0n) is 22.4. The van der Waals surface area contributed by atoms with Gasteiger partial charge in [0.15, 0.2) is 11.7 Å². The molecule has 1 amide bonds. The van der Waals surface area contributed by atoms with Crippen LogP contribution in [-0.2, 0) is 17.6 Å². The van der Waals surface area contributed by atoms with Gasteiger partial charge < -0.3 is 15.4 Å². The number of rotatable bonds is 5. The molecule has 0 aromatic carbocycles. The van der Waals surface area contributed by atoms with E-state index in [4.69, 9.17) is 4.74 Å². The van der Waals surface area contributed by atoms with Crippen molar-refractivity contribution < 1.29 is 27.5 Å². The molecule has 0 saturated carbocycles. The van der Waals surface area contributed by atoms with Crippen molar-refractivity contribution in [2.24, 2.45) is 11.3 Å². The number of halogens is 4. The van der Waals surface area contributed by atoms with Gasteiger partial charge in [-0.3, -0.25) is 4.79 Å². The maximum Gasteiger partial charge on any atom is 0.410 e. The average Bonchev–Trinajstić information content (AvgIpc) is 3.60. The van der Waals surface area contributed by atoms with Gasteiger partial charge in [-0.2, -0.15) is 18.3 Å². The summed E-state index contributed by atoms with van der Waals surface area (Å²) < 4.78 is 48.7. The van der Waals surface area contributed by atoms with Gasteiger partial charge in [-0.25, -0.2) is 9.48 Å². The van der Waals surface area contributed by atoms with E-state index in [-0.39, 0.29) is 34.4 Å². The summed E-state index contributed by atoms with van der Waals surface area (Å²) in [6.45, 7) is 8.46. The van der Waals surface area contributed by atoms with Crippen molar-refractivity contribution in [1.29, 1.82) is 0 Å². The second-order valence-electron chi connectivity index (χ2n) is 11.1. The van der Waals surface area contributed by atoms with E-state index >= 15 is 0 Å². The van der Waals surface area contributed by atoms with Crippen molar-refractivity contribution >= 4 is 61.3 Å². The fourth-order valence-corrected chi connectivity index (χ4v) is 8.06. The molecule has 1 aliphatic carbocycles. The predicted molar refractivity (Wildman–Crippen MR) is 154 cm³/mol. The van der Waals surface area contributed by atoms with Crippen molar-refractivity contribution in [3.63, 3.8) is 0 Å². The molecule has 0 fully saturated rings. The van der Waals surface area contributed by atoms with Gasteiger partial charge in [0.2, 0.25) is 0 Å². The Labute approximate surface area is 246 Å². The molecular weight excluding hydrogens is 629 g/mol. The number of hydrogen-bond donors (Lipinski definition) is 2. The van der Waals surface area contributed by atoms with Crippen LogP contribution < -0.4 is 10.6 Å². The van der Waals surface area contributed by atoms with E-state index in [0.29, 0.717) is 22.9 Å². The summed E-state index contributed by atoms with van der Waals surface area (Å²) in [6, 6.07) is 1.07. The lowest BCUT2D eigenvalue weighted by molar-refractivity contribution is -0.173. The highest BCUT2D eigenvalue weighted by Crippen LogP contribution is 2.48. The normalized spacial score (nSPS) is 20.9. The third-order valence-corrected chi connectivity index (χ3v) is 10.5. The number of ether oxygens (including phenoxy) is 1. The van der Waals surface area contributed by atoms with Crippen molar-refractivity contribution in [2.75, 3.05) is 17.2 Å². The quantitative estimate of drug-likeness (QED) is 0.271. The Morgan fingerprint density at radius 3 is 2.67 bits per heavy atom. The third kappa shape index (κ3) is 5.44. The average molecular weight is 660 g/mol. The SMILES string of the molecule is CCOC(=O)c1c(NC(=O)c2nn3c(c2Br)N[C@@H](c2cccs2)C[C@H]3C(F)(F)F)sc2c1CC[C@H](C(C)(C)C)C2. The number of carbonyl (C=O) groups is 2. The van der Waals surface area contributed by atoms with E-state index in [9.17, 15) is 22.8 Å². The Balaban J connectivity index is 1.49. The Kier molecular flexibility index (Phi) is 7.86. The number of nitrogens with zero attached hydrogens (tertiary/aromatic N) is 2. The van der Waals surface area contributed by atoms with Gasteiger partial charge in [0.25, 0.3) is 5.91 Å². The minimum Gasteiger partial charge on any atom is -0.462 e. The van der Waals surface area contributed by atoms with Gasteiger partial charge in [0.1, 0.15) is 10.8 Å². The minimum absolute atomic E-state index is 0.0819. The maximum absolute atomic E-state index is 14.1. The van der Waals surface area contributed by atoms with Crippen LogP contribution in [0.4, 0.5) is 24.0 Å². The first-order chi connectivity index (χ1) is 18.8. The standard InChI is InChI=1S/C27H30BrF3N4O3S2/c1-5-38-25(37)19-14-9-8-13(26(2,3)4)11-17(14)40-24(19)33-23(36)21-20(28)22-32-15(16-7-6-10-39-16)12-18(27(29,30)31)35(22)34-21/h6-7,10,13,15,18,32H,5,8-9,11-12H2,1-4H3,(H,33,36)/t13-,15+,18-/m0/s1. The van der Waals surface area contributed by atoms with Gasteiger partial charge in [-0.1, -0.05) is 26.8 Å². The molecule has 40 heavy (non-hydrogen) atoms. The third-order valence-electron chi connectivity index (χ3n) is 7.59. The molecule has 216 valence electrons. The zero-order valence-corrected chi connectivity index (χ0v) is 25.7. The van der Waals surface area contributed by atoms with E-state index in [1.165, 1.54) is 22.7 Å². The summed E-state index contributed by atoms with van der Waals surface area (Å²) in [5.41, 5.74) is 1.09.